The van der Waals surface area contributed by atoms with E-state index in [2.05, 4.69) is 86.7 Å². The lowest BCUT2D eigenvalue weighted by Crippen LogP contribution is -2.14. The highest BCUT2D eigenvalue weighted by atomic mass is 15.1. The molecule has 0 fully saturated rings. The molecule has 106 valence electrons. The summed E-state index contributed by atoms with van der Waals surface area (Å²) < 4.78 is 0. The summed E-state index contributed by atoms with van der Waals surface area (Å²) in [5, 5.41) is 3.62. The van der Waals surface area contributed by atoms with E-state index in [1.807, 2.05) is 0 Å². The van der Waals surface area contributed by atoms with Crippen LogP contribution in [0.3, 0.4) is 0 Å². The van der Waals surface area contributed by atoms with Crippen LogP contribution >= 0.6 is 0 Å². The van der Waals surface area contributed by atoms with Crippen molar-refractivity contribution in [1.82, 2.24) is 4.90 Å². The molecular weight excluding hydrogens is 244 g/mol. The van der Waals surface area contributed by atoms with Gasteiger partial charge in [-0.2, -0.15) is 0 Å². The maximum Gasteiger partial charge on any atom is 0.0485 e. The van der Waals surface area contributed by atoms with Gasteiger partial charge in [-0.1, -0.05) is 48.0 Å². The molecule has 0 spiro atoms. The van der Waals surface area contributed by atoms with E-state index in [0.29, 0.717) is 6.04 Å². The molecule has 0 saturated heterocycles. The van der Waals surface area contributed by atoms with Crippen LogP contribution in [0.5, 0.6) is 0 Å². The van der Waals surface area contributed by atoms with Gasteiger partial charge in [0.1, 0.15) is 0 Å². The van der Waals surface area contributed by atoms with Crippen LogP contribution in [-0.2, 0) is 6.54 Å². The van der Waals surface area contributed by atoms with E-state index in [-0.39, 0.29) is 0 Å². The van der Waals surface area contributed by atoms with Crippen molar-refractivity contribution >= 4 is 5.69 Å². The van der Waals surface area contributed by atoms with E-state index >= 15 is 0 Å². The van der Waals surface area contributed by atoms with Crippen molar-refractivity contribution < 1.29 is 0 Å². The average molecular weight is 268 g/mol. The fourth-order valence-corrected chi connectivity index (χ4v) is 2.31. The van der Waals surface area contributed by atoms with Gasteiger partial charge in [0.25, 0.3) is 0 Å². The van der Waals surface area contributed by atoms with Gasteiger partial charge in [-0.15, -0.1) is 0 Å². The van der Waals surface area contributed by atoms with E-state index in [0.717, 1.165) is 6.54 Å². The van der Waals surface area contributed by atoms with Gasteiger partial charge in [0.2, 0.25) is 0 Å². The number of aryl methyl sites for hydroxylation is 1. The maximum atomic E-state index is 3.62. The van der Waals surface area contributed by atoms with Crippen LogP contribution in [0.25, 0.3) is 0 Å². The molecule has 0 amide bonds. The first kappa shape index (κ1) is 14.6. The lowest BCUT2D eigenvalue weighted by atomic mass is 10.1. The predicted molar refractivity (Wildman–Crippen MR) is 87.0 cm³/mol. The fourth-order valence-electron chi connectivity index (χ4n) is 2.31. The quantitative estimate of drug-likeness (QED) is 0.873. The van der Waals surface area contributed by atoms with Gasteiger partial charge >= 0.3 is 0 Å². The van der Waals surface area contributed by atoms with Crippen molar-refractivity contribution in [2.45, 2.75) is 26.4 Å². The molecule has 0 aromatic heterocycles. The summed E-state index contributed by atoms with van der Waals surface area (Å²) >= 11 is 0. The van der Waals surface area contributed by atoms with Gasteiger partial charge in [0.05, 0.1) is 0 Å². The van der Waals surface area contributed by atoms with E-state index in [1.54, 1.807) is 0 Å². The predicted octanol–water partition coefficient (Wildman–Crippen LogP) is 4.23. The number of nitrogens with one attached hydrogen (secondary N) is 1. The first-order valence-corrected chi connectivity index (χ1v) is 7.12. The third-order valence-corrected chi connectivity index (χ3v) is 3.45. The largest absolute Gasteiger partial charge is 0.378 e. The Morgan fingerprint density at radius 1 is 1.00 bits per heavy atom. The summed E-state index contributed by atoms with van der Waals surface area (Å²) in [6.45, 7) is 5.27. The molecule has 2 rings (SSSR count). The summed E-state index contributed by atoms with van der Waals surface area (Å²) in [4.78, 5) is 2.19. The third-order valence-electron chi connectivity index (χ3n) is 3.45. The van der Waals surface area contributed by atoms with E-state index in [9.17, 15) is 0 Å². The van der Waals surface area contributed by atoms with Gasteiger partial charge in [0, 0.05) is 18.3 Å². The number of hydrogen-bond acceptors (Lipinski definition) is 2. The number of hydrogen-bond donors (Lipinski definition) is 1. The second kappa shape index (κ2) is 6.58. The van der Waals surface area contributed by atoms with Gasteiger partial charge in [0.15, 0.2) is 0 Å². The molecule has 0 aliphatic carbocycles. The second-order valence-corrected chi connectivity index (χ2v) is 5.67. The van der Waals surface area contributed by atoms with Crippen molar-refractivity contribution in [3.05, 3.63) is 65.2 Å². The van der Waals surface area contributed by atoms with Crippen LogP contribution in [-0.4, -0.2) is 19.0 Å². The minimum absolute atomic E-state index is 0.305. The number of anilines is 1. The van der Waals surface area contributed by atoms with Crippen LogP contribution in [0, 0.1) is 6.92 Å². The molecule has 20 heavy (non-hydrogen) atoms. The standard InChI is InChI=1S/C18H24N2/c1-14-9-11-16(12-10-14)15(2)19-18-8-6-5-7-17(18)13-20(3)4/h5-12,15,19H,13H2,1-4H3. The van der Waals surface area contributed by atoms with Crippen LogP contribution in [0.4, 0.5) is 5.69 Å². The highest BCUT2D eigenvalue weighted by molar-refractivity contribution is 5.52. The van der Waals surface area contributed by atoms with E-state index in [1.165, 1.54) is 22.4 Å². The monoisotopic (exact) mass is 268 g/mol. The Bertz CT molecular complexity index is 544. The van der Waals surface area contributed by atoms with Crippen LogP contribution in [0.2, 0.25) is 0 Å². The van der Waals surface area contributed by atoms with Crippen molar-refractivity contribution in [2.75, 3.05) is 19.4 Å². The lowest BCUT2D eigenvalue weighted by molar-refractivity contribution is 0.403. The number of para-hydroxylation sites is 1. The van der Waals surface area contributed by atoms with Gasteiger partial charge in [-0.3, -0.25) is 0 Å². The first-order chi connectivity index (χ1) is 9.56. The van der Waals surface area contributed by atoms with Gasteiger partial charge in [-0.25, -0.2) is 0 Å². The normalized spacial score (nSPS) is 12.4. The van der Waals surface area contributed by atoms with Crippen LogP contribution < -0.4 is 5.32 Å². The molecule has 2 heteroatoms. The zero-order valence-corrected chi connectivity index (χ0v) is 12.9. The molecule has 1 atom stereocenters. The molecule has 0 heterocycles. The third kappa shape index (κ3) is 3.84. The molecule has 0 radical (unpaired) electrons. The molecule has 1 unspecified atom stereocenters. The summed E-state index contributed by atoms with van der Waals surface area (Å²) in [6.07, 6.45) is 0. The highest BCUT2D eigenvalue weighted by Gasteiger charge is 2.08. The van der Waals surface area contributed by atoms with E-state index < -0.39 is 0 Å². The van der Waals surface area contributed by atoms with Crippen molar-refractivity contribution in [3.8, 4) is 0 Å². The smallest absolute Gasteiger partial charge is 0.0485 e. The Balaban J connectivity index is 2.15. The summed E-state index contributed by atoms with van der Waals surface area (Å²) in [5.74, 6) is 0. The van der Waals surface area contributed by atoms with Gasteiger partial charge < -0.3 is 10.2 Å². The Hall–Kier alpha value is -1.80. The number of benzene rings is 2. The Labute approximate surface area is 122 Å². The number of rotatable bonds is 5. The molecule has 0 saturated carbocycles. The van der Waals surface area contributed by atoms with Gasteiger partial charge in [-0.05, 0) is 45.1 Å². The zero-order valence-electron chi connectivity index (χ0n) is 12.9. The zero-order chi connectivity index (χ0) is 14.5. The summed E-state index contributed by atoms with van der Waals surface area (Å²) in [6, 6.07) is 17.6. The van der Waals surface area contributed by atoms with Crippen molar-refractivity contribution in [1.29, 1.82) is 0 Å². The van der Waals surface area contributed by atoms with Crippen molar-refractivity contribution in [3.63, 3.8) is 0 Å². The minimum atomic E-state index is 0.305. The molecule has 0 bridgehead atoms. The minimum Gasteiger partial charge on any atom is -0.378 e. The molecule has 0 aliphatic heterocycles. The topological polar surface area (TPSA) is 15.3 Å². The van der Waals surface area contributed by atoms with Crippen molar-refractivity contribution in [2.24, 2.45) is 0 Å². The lowest BCUT2D eigenvalue weighted by Gasteiger charge is -2.20. The molecule has 2 aromatic rings. The average Bonchev–Trinajstić information content (AvgIpc) is 2.41. The molecule has 0 aliphatic rings. The first-order valence-electron chi connectivity index (χ1n) is 7.12. The van der Waals surface area contributed by atoms with E-state index in [4.69, 9.17) is 0 Å². The Morgan fingerprint density at radius 2 is 1.65 bits per heavy atom. The van der Waals surface area contributed by atoms with Crippen LogP contribution in [0.15, 0.2) is 48.5 Å². The van der Waals surface area contributed by atoms with Crippen LogP contribution in [0.1, 0.15) is 29.7 Å². The summed E-state index contributed by atoms with van der Waals surface area (Å²) in [7, 11) is 4.19. The summed E-state index contributed by atoms with van der Waals surface area (Å²) in [5.41, 5.74) is 5.16. The fraction of sp³-hybridized carbons (Fsp3) is 0.333. The SMILES string of the molecule is Cc1ccc(C(C)Nc2ccccc2CN(C)C)cc1. The maximum absolute atomic E-state index is 3.62. The molecule has 1 N–H and O–H groups in total. The Morgan fingerprint density at radius 3 is 2.30 bits per heavy atom. The number of nitrogens with zero attached hydrogens (tertiary/aromatic N) is 1. The molecular formula is C18H24N2. The second-order valence-electron chi connectivity index (χ2n) is 5.67. The molecule has 2 aromatic carbocycles. The Kier molecular flexibility index (Phi) is 4.80. The molecule has 2 nitrogen and oxygen atoms in total. The highest BCUT2D eigenvalue weighted by Crippen LogP contribution is 2.23.